The fourth-order valence-electron chi connectivity index (χ4n) is 4.19. The third-order valence-corrected chi connectivity index (χ3v) is 5.46. The summed E-state index contributed by atoms with van der Waals surface area (Å²) in [6.07, 6.45) is 3.47. The van der Waals surface area contributed by atoms with E-state index in [0.29, 0.717) is 18.0 Å². The van der Waals surface area contributed by atoms with Gasteiger partial charge in [0, 0.05) is 24.0 Å². The minimum Gasteiger partial charge on any atom is -0.483 e. The molecule has 1 N–H and O–H groups in total. The second-order valence-electron chi connectivity index (χ2n) is 7.66. The zero-order valence-electron chi connectivity index (χ0n) is 17.3. The monoisotopic (exact) mass is 418 g/mol. The summed E-state index contributed by atoms with van der Waals surface area (Å²) in [5, 5.41) is 21.2. The topological polar surface area (TPSA) is 121 Å². The lowest BCUT2D eigenvalue weighted by Crippen LogP contribution is -2.18. The summed E-state index contributed by atoms with van der Waals surface area (Å²) in [7, 11) is 2.14. The fraction of sp³-hybridized carbons (Fsp3) is 0.318. The normalized spacial score (nSPS) is 16.2. The summed E-state index contributed by atoms with van der Waals surface area (Å²) >= 11 is 0. The number of fused-ring (bicyclic) bond motifs is 3. The number of aryl methyl sites for hydroxylation is 1. The summed E-state index contributed by atoms with van der Waals surface area (Å²) in [6, 6.07) is 10.2. The van der Waals surface area contributed by atoms with E-state index in [9.17, 15) is 5.26 Å². The van der Waals surface area contributed by atoms with Crippen molar-refractivity contribution in [1.82, 2.24) is 24.6 Å². The minimum absolute atomic E-state index is 0.250. The van der Waals surface area contributed by atoms with Gasteiger partial charge in [0.15, 0.2) is 0 Å². The van der Waals surface area contributed by atoms with Gasteiger partial charge in [-0.1, -0.05) is 5.16 Å². The molecule has 1 atom stereocenters. The van der Waals surface area contributed by atoms with Gasteiger partial charge in [-0.3, -0.25) is 9.78 Å². The van der Waals surface area contributed by atoms with Crippen molar-refractivity contribution in [3.63, 3.8) is 0 Å². The molecular weight excluding hydrogens is 396 g/mol. The third-order valence-electron chi connectivity index (χ3n) is 5.46. The van der Waals surface area contributed by atoms with E-state index >= 15 is 0 Å². The van der Waals surface area contributed by atoms with Crippen LogP contribution in [0.4, 0.5) is 0 Å². The third kappa shape index (κ3) is 3.98. The lowest BCUT2D eigenvalue weighted by molar-refractivity contribution is -0.122. The van der Waals surface area contributed by atoms with E-state index in [0.717, 1.165) is 58.7 Å². The van der Waals surface area contributed by atoms with Gasteiger partial charge in [-0.2, -0.15) is 5.26 Å². The number of nitriles is 1. The van der Waals surface area contributed by atoms with Crippen molar-refractivity contribution >= 4 is 28.4 Å². The van der Waals surface area contributed by atoms with Crippen molar-refractivity contribution in [1.29, 1.82) is 5.26 Å². The minimum atomic E-state index is -0.250. The number of aromatic nitrogens is 4. The molecule has 0 unspecified atom stereocenters. The molecule has 0 amide bonds. The zero-order chi connectivity index (χ0) is 22.0. The molecule has 9 heteroatoms. The molecule has 4 aromatic rings. The molecule has 5 rings (SSSR count). The molecule has 0 radical (unpaired) electrons. The van der Waals surface area contributed by atoms with Crippen LogP contribution < -0.4 is 0 Å². The molecule has 4 heterocycles. The number of carboxylic acid groups (broad SMARTS) is 1. The average Bonchev–Trinajstić information content (AvgIpc) is 3.46. The molecule has 1 aliphatic rings. The quantitative estimate of drug-likeness (QED) is 0.504. The Hall–Kier alpha value is -3.77. The molecular formula is C22H22N6O3. The van der Waals surface area contributed by atoms with Gasteiger partial charge >= 0.3 is 0 Å². The number of pyridine rings is 1. The van der Waals surface area contributed by atoms with Gasteiger partial charge in [0.2, 0.25) is 0 Å². The number of carbonyl (C=O) groups is 1. The second kappa shape index (κ2) is 8.53. The van der Waals surface area contributed by atoms with E-state index in [1.165, 1.54) is 0 Å². The number of rotatable bonds is 3. The maximum atomic E-state index is 9.37. The van der Waals surface area contributed by atoms with Crippen LogP contribution in [-0.2, 0) is 11.2 Å². The Kier molecular flexibility index (Phi) is 5.64. The molecule has 0 spiro atoms. The van der Waals surface area contributed by atoms with E-state index < -0.39 is 0 Å². The van der Waals surface area contributed by atoms with Crippen molar-refractivity contribution in [2.75, 3.05) is 20.1 Å². The summed E-state index contributed by atoms with van der Waals surface area (Å²) in [4.78, 5) is 20.2. The van der Waals surface area contributed by atoms with E-state index in [2.05, 4.69) is 32.7 Å². The highest BCUT2D eigenvalue weighted by Crippen LogP contribution is 2.32. The molecule has 1 saturated heterocycles. The van der Waals surface area contributed by atoms with Gasteiger partial charge in [-0.15, -0.1) is 0 Å². The Balaban J connectivity index is 0.000000730. The lowest BCUT2D eigenvalue weighted by Gasteiger charge is -2.17. The summed E-state index contributed by atoms with van der Waals surface area (Å²) in [6.45, 7) is 3.69. The molecule has 1 aromatic carbocycles. The Morgan fingerprint density at radius 3 is 2.81 bits per heavy atom. The molecule has 1 aliphatic heterocycles. The molecule has 158 valence electrons. The van der Waals surface area contributed by atoms with Gasteiger partial charge < -0.3 is 19.1 Å². The molecule has 3 aromatic heterocycles. The zero-order valence-corrected chi connectivity index (χ0v) is 17.3. The van der Waals surface area contributed by atoms with Crippen molar-refractivity contribution in [3.05, 3.63) is 53.3 Å². The van der Waals surface area contributed by atoms with Crippen LogP contribution in [0.15, 0.2) is 35.0 Å². The van der Waals surface area contributed by atoms with Crippen LogP contribution in [-0.4, -0.2) is 56.3 Å². The SMILES string of the molecule is Cc1cc(Cc2nc3cnc4ccc(C#N)cc4c3n2[C@@H]2CCN(C)C2)on1.O=CO. The van der Waals surface area contributed by atoms with Gasteiger partial charge in [0.25, 0.3) is 6.47 Å². The maximum absolute atomic E-state index is 9.37. The van der Waals surface area contributed by atoms with Crippen LogP contribution in [0.1, 0.15) is 35.3 Å². The summed E-state index contributed by atoms with van der Waals surface area (Å²) < 4.78 is 7.79. The molecule has 1 fully saturated rings. The van der Waals surface area contributed by atoms with Crippen LogP contribution in [0.3, 0.4) is 0 Å². The molecule has 0 saturated carbocycles. The first-order chi connectivity index (χ1) is 15.0. The van der Waals surface area contributed by atoms with Gasteiger partial charge in [-0.05, 0) is 45.1 Å². The molecule has 9 nitrogen and oxygen atoms in total. The van der Waals surface area contributed by atoms with Crippen LogP contribution in [0, 0.1) is 18.3 Å². The number of imidazole rings is 1. The van der Waals surface area contributed by atoms with Gasteiger partial charge in [0.05, 0.1) is 41.0 Å². The average molecular weight is 418 g/mol. The van der Waals surface area contributed by atoms with E-state index in [1.54, 1.807) is 0 Å². The first-order valence-electron chi connectivity index (χ1n) is 9.92. The standard InChI is InChI=1S/C21H20N6O.CH2O2/c1-13-7-16(28-25-13)9-20-24-19-11-23-18-4-3-14(10-22)8-17(18)21(19)27(20)15-5-6-26(2)12-15;2-1-3/h3-4,7-8,11,15H,5-6,9,12H2,1-2H3;1H,(H,2,3)/t15-;/m1./s1. The first kappa shape index (κ1) is 20.5. The van der Waals surface area contributed by atoms with Crippen molar-refractivity contribution in [3.8, 4) is 6.07 Å². The number of hydrogen-bond donors (Lipinski definition) is 1. The number of benzene rings is 1. The van der Waals surface area contributed by atoms with E-state index in [1.807, 2.05) is 37.4 Å². The fourth-order valence-corrected chi connectivity index (χ4v) is 4.19. The predicted molar refractivity (Wildman–Crippen MR) is 114 cm³/mol. The van der Waals surface area contributed by atoms with Crippen LogP contribution >= 0.6 is 0 Å². The Labute approximate surface area is 178 Å². The van der Waals surface area contributed by atoms with E-state index in [4.69, 9.17) is 19.4 Å². The summed E-state index contributed by atoms with van der Waals surface area (Å²) in [5.74, 6) is 1.75. The van der Waals surface area contributed by atoms with Crippen molar-refractivity contribution in [2.24, 2.45) is 0 Å². The van der Waals surface area contributed by atoms with Crippen molar-refractivity contribution < 1.29 is 14.4 Å². The second-order valence-corrected chi connectivity index (χ2v) is 7.66. The molecule has 0 bridgehead atoms. The maximum Gasteiger partial charge on any atom is 0.290 e. The van der Waals surface area contributed by atoms with Gasteiger partial charge in [0.1, 0.15) is 17.1 Å². The van der Waals surface area contributed by atoms with Crippen LogP contribution in [0.25, 0.3) is 21.9 Å². The predicted octanol–water partition coefficient (Wildman–Crippen LogP) is 2.92. The van der Waals surface area contributed by atoms with Gasteiger partial charge in [-0.25, -0.2) is 4.98 Å². The number of hydrogen-bond acceptors (Lipinski definition) is 7. The Morgan fingerprint density at radius 1 is 1.35 bits per heavy atom. The van der Waals surface area contributed by atoms with Crippen LogP contribution in [0.5, 0.6) is 0 Å². The molecule has 0 aliphatic carbocycles. The largest absolute Gasteiger partial charge is 0.483 e. The van der Waals surface area contributed by atoms with Crippen molar-refractivity contribution in [2.45, 2.75) is 25.8 Å². The highest BCUT2D eigenvalue weighted by atomic mass is 16.5. The van der Waals surface area contributed by atoms with E-state index in [-0.39, 0.29) is 6.47 Å². The van der Waals surface area contributed by atoms with Crippen LogP contribution in [0.2, 0.25) is 0 Å². The molecule has 31 heavy (non-hydrogen) atoms. The lowest BCUT2D eigenvalue weighted by atomic mass is 10.1. The number of nitrogens with zero attached hydrogens (tertiary/aromatic N) is 6. The summed E-state index contributed by atoms with van der Waals surface area (Å²) in [5.41, 5.74) is 4.27. The highest BCUT2D eigenvalue weighted by Gasteiger charge is 2.27. The number of likely N-dealkylation sites (N-methyl/N-ethyl adjacent to an activating group) is 1. The Bertz CT molecular complexity index is 1290. The highest BCUT2D eigenvalue weighted by molar-refractivity contribution is 6.02. The number of likely N-dealkylation sites (tertiary alicyclic amines) is 1. The smallest absolute Gasteiger partial charge is 0.290 e. The first-order valence-corrected chi connectivity index (χ1v) is 9.92. The Morgan fingerprint density at radius 2 is 2.16 bits per heavy atom.